The first-order valence-corrected chi connectivity index (χ1v) is 8.29. The molecule has 0 heterocycles. The summed E-state index contributed by atoms with van der Waals surface area (Å²) in [5.41, 5.74) is 1.44. The first-order valence-electron chi connectivity index (χ1n) is 7.50. The summed E-state index contributed by atoms with van der Waals surface area (Å²) >= 11 is 3.46. The monoisotopic (exact) mass is 322 g/mol. The Hall–Kier alpha value is -0.630. The van der Waals surface area contributed by atoms with Gasteiger partial charge in [-0.1, -0.05) is 53.7 Å². The summed E-state index contributed by atoms with van der Waals surface area (Å²) in [4.78, 5) is 10.8. The van der Waals surface area contributed by atoms with Crippen molar-refractivity contribution in [2.24, 2.45) is 5.92 Å². The molecular weight excluding hydrogens is 300 g/mol. The second-order valence-corrected chi connectivity index (χ2v) is 6.66. The Labute approximate surface area is 124 Å². The van der Waals surface area contributed by atoms with Crippen LogP contribution in [0.1, 0.15) is 56.9 Å². The number of Topliss-reactive ketones (excluding diaryl/α,β-unsaturated/α-hetero) is 1. The normalized spacial score (nSPS) is 15.5. The third kappa shape index (κ3) is 5.48. The molecule has 104 valence electrons. The van der Waals surface area contributed by atoms with E-state index >= 15 is 0 Å². The summed E-state index contributed by atoms with van der Waals surface area (Å²) in [7, 11) is 0. The van der Waals surface area contributed by atoms with Gasteiger partial charge in [0.15, 0.2) is 0 Å². The number of hydrogen-bond acceptors (Lipinski definition) is 1. The van der Waals surface area contributed by atoms with Crippen LogP contribution in [-0.2, 0) is 11.2 Å². The molecule has 19 heavy (non-hydrogen) atoms. The molecule has 1 nitrogen and oxygen atoms in total. The Bertz CT molecular complexity index is 388. The lowest BCUT2D eigenvalue weighted by atomic mass is 9.80. The van der Waals surface area contributed by atoms with Crippen LogP contribution in [0.15, 0.2) is 28.7 Å². The van der Waals surface area contributed by atoms with Crippen LogP contribution in [0.3, 0.4) is 0 Å². The van der Waals surface area contributed by atoms with E-state index in [1.54, 1.807) is 0 Å². The maximum Gasteiger partial charge on any atom is 0.133 e. The van der Waals surface area contributed by atoms with Gasteiger partial charge in [0.1, 0.15) is 5.78 Å². The number of halogens is 1. The number of carbonyl (C=O) groups is 1. The van der Waals surface area contributed by atoms with Crippen molar-refractivity contribution in [2.75, 3.05) is 0 Å². The molecule has 0 N–H and O–H groups in total. The van der Waals surface area contributed by atoms with Gasteiger partial charge in [-0.25, -0.2) is 0 Å². The van der Waals surface area contributed by atoms with Gasteiger partial charge in [0.2, 0.25) is 0 Å². The third-order valence-corrected chi connectivity index (χ3v) is 4.55. The lowest BCUT2D eigenvalue weighted by Gasteiger charge is -2.23. The predicted octanol–water partition coefficient (Wildman–Crippen LogP) is 5.31. The summed E-state index contributed by atoms with van der Waals surface area (Å²) in [6, 6.07) is 8.65. The Morgan fingerprint density at radius 3 is 2.26 bits per heavy atom. The smallest absolute Gasteiger partial charge is 0.133 e. The number of ketones is 1. The topological polar surface area (TPSA) is 17.1 Å². The van der Waals surface area contributed by atoms with E-state index in [-0.39, 0.29) is 0 Å². The number of carbonyl (C=O) groups excluding carboxylic acids is 1. The van der Waals surface area contributed by atoms with Crippen LogP contribution in [0.25, 0.3) is 0 Å². The first kappa shape index (κ1) is 14.8. The lowest BCUT2D eigenvalue weighted by molar-refractivity contribution is -0.127. The van der Waals surface area contributed by atoms with Gasteiger partial charge in [0.05, 0.1) is 0 Å². The van der Waals surface area contributed by atoms with Crippen molar-refractivity contribution in [1.29, 1.82) is 0 Å². The molecule has 2 heteroatoms. The predicted molar refractivity (Wildman–Crippen MR) is 83.3 cm³/mol. The minimum Gasteiger partial charge on any atom is -0.300 e. The molecule has 0 spiro atoms. The van der Waals surface area contributed by atoms with Gasteiger partial charge in [-0.2, -0.15) is 0 Å². The van der Waals surface area contributed by atoms with Gasteiger partial charge in [0, 0.05) is 17.3 Å². The van der Waals surface area contributed by atoms with Gasteiger partial charge < -0.3 is 0 Å². The van der Waals surface area contributed by atoms with Gasteiger partial charge in [0.25, 0.3) is 0 Å². The molecule has 1 saturated carbocycles. The fourth-order valence-corrected chi connectivity index (χ4v) is 3.00. The van der Waals surface area contributed by atoms with Gasteiger partial charge in [-0.05, 0) is 42.9 Å². The van der Waals surface area contributed by atoms with Gasteiger partial charge in [-0.3, -0.25) is 4.79 Å². The summed E-state index contributed by atoms with van der Waals surface area (Å²) in [5.74, 6) is 1.20. The SMILES string of the molecule is O=C1CC(CCCCCCCc2ccc(Br)cc2)C1. The summed E-state index contributed by atoms with van der Waals surface area (Å²) < 4.78 is 1.16. The van der Waals surface area contributed by atoms with Crippen molar-refractivity contribution in [3.63, 3.8) is 0 Å². The molecule has 1 aromatic carbocycles. The standard InChI is InChI=1S/C17H23BrO/c18-16-10-8-14(9-11-16)6-4-2-1-3-5-7-15-12-17(19)13-15/h8-11,15H,1-7,12-13H2. The largest absolute Gasteiger partial charge is 0.300 e. The fourth-order valence-electron chi connectivity index (χ4n) is 2.73. The number of aryl methyl sites for hydroxylation is 1. The van der Waals surface area contributed by atoms with Crippen LogP contribution in [0, 0.1) is 5.92 Å². The van der Waals surface area contributed by atoms with E-state index in [1.165, 1.54) is 50.5 Å². The molecule has 0 aromatic heterocycles. The minimum absolute atomic E-state index is 0.472. The summed E-state index contributed by atoms with van der Waals surface area (Å²) in [6.45, 7) is 0. The van der Waals surface area contributed by atoms with Gasteiger partial charge in [-0.15, -0.1) is 0 Å². The average molecular weight is 323 g/mol. The van der Waals surface area contributed by atoms with Crippen molar-refractivity contribution >= 4 is 21.7 Å². The Morgan fingerprint density at radius 2 is 1.58 bits per heavy atom. The summed E-state index contributed by atoms with van der Waals surface area (Å²) in [6.07, 6.45) is 10.8. The highest BCUT2D eigenvalue weighted by atomic mass is 79.9. The van der Waals surface area contributed by atoms with E-state index in [9.17, 15) is 4.79 Å². The van der Waals surface area contributed by atoms with E-state index < -0.39 is 0 Å². The molecule has 0 atom stereocenters. The molecule has 2 rings (SSSR count). The number of unbranched alkanes of at least 4 members (excludes halogenated alkanes) is 4. The molecular formula is C17H23BrO. The van der Waals surface area contributed by atoms with Crippen LogP contribution in [-0.4, -0.2) is 5.78 Å². The molecule has 1 aliphatic rings. The van der Waals surface area contributed by atoms with E-state index in [1.807, 2.05) is 0 Å². The van der Waals surface area contributed by atoms with Crippen LogP contribution in [0.4, 0.5) is 0 Å². The second kappa shape index (κ2) is 7.84. The Morgan fingerprint density at radius 1 is 0.947 bits per heavy atom. The number of benzene rings is 1. The van der Waals surface area contributed by atoms with E-state index in [0.717, 1.165) is 23.2 Å². The fraction of sp³-hybridized carbons (Fsp3) is 0.588. The average Bonchev–Trinajstić information content (AvgIpc) is 2.37. The molecule has 0 amide bonds. The highest BCUT2D eigenvalue weighted by molar-refractivity contribution is 9.10. The minimum atomic E-state index is 0.472. The molecule has 0 saturated heterocycles. The molecule has 0 unspecified atom stereocenters. The lowest BCUT2D eigenvalue weighted by Crippen LogP contribution is -2.22. The van der Waals surface area contributed by atoms with E-state index in [0.29, 0.717) is 5.78 Å². The highest BCUT2D eigenvalue weighted by Crippen LogP contribution is 2.28. The molecule has 1 aliphatic carbocycles. The van der Waals surface area contributed by atoms with Crippen molar-refractivity contribution < 1.29 is 4.79 Å². The van der Waals surface area contributed by atoms with Crippen LogP contribution < -0.4 is 0 Å². The highest BCUT2D eigenvalue weighted by Gasteiger charge is 2.25. The zero-order valence-corrected chi connectivity index (χ0v) is 13.1. The molecule has 0 radical (unpaired) electrons. The first-order chi connectivity index (χ1) is 9.24. The third-order valence-electron chi connectivity index (χ3n) is 4.02. The van der Waals surface area contributed by atoms with Crippen molar-refractivity contribution in [3.05, 3.63) is 34.3 Å². The summed E-state index contributed by atoms with van der Waals surface area (Å²) in [5, 5.41) is 0. The zero-order valence-electron chi connectivity index (χ0n) is 11.5. The molecule has 0 aliphatic heterocycles. The van der Waals surface area contributed by atoms with Crippen molar-refractivity contribution in [3.8, 4) is 0 Å². The Balaban J connectivity index is 1.44. The van der Waals surface area contributed by atoms with Crippen LogP contribution >= 0.6 is 15.9 Å². The quantitative estimate of drug-likeness (QED) is 0.592. The number of rotatable bonds is 8. The van der Waals surface area contributed by atoms with Crippen molar-refractivity contribution in [1.82, 2.24) is 0 Å². The Kier molecular flexibility index (Phi) is 6.09. The van der Waals surface area contributed by atoms with E-state index in [2.05, 4.69) is 40.2 Å². The van der Waals surface area contributed by atoms with Crippen LogP contribution in [0.5, 0.6) is 0 Å². The van der Waals surface area contributed by atoms with Crippen molar-refractivity contribution in [2.45, 2.75) is 57.8 Å². The molecule has 1 fully saturated rings. The maximum absolute atomic E-state index is 10.8. The van der Waals surface area contributed by atoms with Crippen LogP contribution in [0.2, 0.25) is 0 Å². The molecule has 0 bridgehead atoms. The van der Waals surface area contributed by atoms with E-state index in [4.69, 9.17) is 0 Å². The molecule has 1 aromatic rings. The zero-order chi connectivity index (χ0) is 13.5. The number of hydrogen-bond donors (Lipinski definition) is 0. The maximum atomic E-state index is 10.8. The van der Waals surface area contributed by atoms with Gasteiger partial charge >= 0.3 is 0 Å². The second-order valence-electron chi connectivity index (χ2n) is 5.75.